The SMILES string of the molecule is CCOC(=O)c1c(NC(=O)C(C#N)=Cc2ccc(-c3cccc([N+](=O)[O-])c3)o2)sc(C)c1C. The van der Waals surface area contributed by atoms with E-state index >= 15 is 0 Å². The van der Waals surface area contributed by atoms with Crippen molar-refractivity contribution in [3.8, 4) is 17.4 Å². The molecule has 9 nitrogen and oxygen atoms in total. The van der Waals surface area contributed by atoms with Crippen LogP contribution in [0.4, 0.5) is 10.7 Å². The molecule has 0 saturated carbocycles. The normalized spacial score (nSPS) is 11.0. The van der Waals surface area contributed by atoms with Crippen molar-refractivity contribution in [1.29, 1.82) is 5.26 Å². The van der Waals surface area contributed by atoms with Gasteiger partial charge in [-0.25, -0.2) is 4.79 Å². The molecule has 3 rings (SSSR count). The van der Waals surface area contributed by atoms with Gasteiger partial charge in [0.1, 0.15) is 28.2 Å². The molecule has 0 atom stereocenters. The maximum absolute atomic E-state index is 12.7. The standard InChI is InChI=1S/C23H19N3O6S/c1-4-31-23(28)20-13(2)14(3)33-22(20)25-21(27)16(12-24)11-18-8-9-19(32-18)15-6-5-7-17(10-15)26(29)30/h5-11H,4H2,1-3H3,(H,25,27). The van der Waals surface area contributed by atoms with E-state index in [0.717, 1.165) is 4.88 Å². The van der Waals surface area contributed by atoms with Crippen molar-refractivity contribution >= 4 is 40.0 Å². The third-order valence-electron chi connectivity index (χ3n) is 4.71. The number of amides is 1. The highest BCUT2D eigenvalue weighted by atomic mass is 32.1. The number of furan rings is 1. The molecule has 1 amide bonds. The largest absolute Gasteiger partial charge is 0.462 e. The number of benzene rings is 1. The van der Waals surface area contributed by atoms with E-state index in [0.29, 0.717) is 21.9 Å². The van der Waals surface area contributed by atoms with Crippen molar-refractivity contribution in [2.45, 2.75) is 20.8 Å². The molecule has 3 aromatic rings. The minimum atomic E-state index is -0.711. The van der Waals surface area contributed by atoms with Gasteiger partial charge in [-0.3, -0.25) is 14.9 Å². The first-order valence-corrected chi connectivity index (χ1v) is 10.6. The molecule has 0 fully saturated rings. The van der Waals surface area contributed by atoms with Crippen LogP contribution in [0.3, 0.4) is 0 Å². The van der Waals surface area contributed by atoms with E-state index in [-0.39, 0.29) is 29.2 Å². The molecule has 0 radical (unpaired) electrons. The maximum Gasteiger partial charge on any atom is 0.341 e. The highest BCUT2D eigenvalue weighted by Crippen LogP contribution is 2.33. The first-order chi connectivity index (χ1) is 15.7. The van der Waals surface area contributed by atoms with Crippen LogP contribution in [0.15, 0.2) is 46.4 Å². The lowest BCUT2D eigenvalue weighted by Crippen LogP contribution is -2.16. The summed E-state index contributed by atoms with van der Waals surface area (Å²) in [6, 6.07) is 10.9. The quantitative estimate of drug-likeness (QED) is 0.165. The molecule has 1 N–H and O–H groups in total. The minimum absolute atomic E-state index is 0.0861. The number of non-ortho nitro benzene ring substituents is 1. The van der Waals surface area contributed by atoms with Crippen LogP contribution >= 0.6 is 11.3 Å². The molecular formula is C23H19N3O6S. The average molecular weight is 465 g/mol. The number of aryl methyl sites for hydroxylation is 1. The number of anilines is 1. The molecule has 2 heterocycles. The number of carbonyl (C=O) groups is 2. The Balaban J connectivity index is 1.86. The zero-order valence-electron chi connectivity index (χ0n) is 18.0. The summed E-state index contributed by atoms with van der Waals surface area (Å²) in [5.74, 6) is -0.702. The van der Waals surface area contributed by atoms with E-state index in [4.69, 9.17) is 9.15 Å². The Kier molecular flexibility index (Phi) is 7.05. The lowest BCUT2D eigenvalue weighted by atomic mass is 10.1. The molecule has 0 spiro atoms. The predicted octanol–water partition coefficient (Wildman–Crippen LogP) is 5.26. The van der Waals surface area contributed by atoms with Crippen molar-refractivity contribution in [2.75, 3.05) is 11.9 Å². The second-order valence-corrected chi connectivity index (χ2v) is 8.07. The second-order valence-electron chi connectivity index (χ2n) is 6.84. The molecule has 0 unspecified atom stereocenters. The van der Waals surface area contributed by atoms with Crippen molar-refractivity contribution in [3.05, 3.63) is 73.8 Å². The van der Waals surface area contributed by atoms with Crippen LogP contribution < -0.4 is 5.32 Å². The van der Waals surface area contributed by atoms with Crippen LogP contribution in [-0.4, -0.2) is 23.4 Å². The van der Waals surface area contributed by atoms with Crippen LogP contribution in [-0.2, 0) is 9.53 Å². The van der Waals surface area contributed by atoms with E-state index in [2.05, 4.69) is 5.32 Å². The van der Waals surface area contributed by atoms with Gasteiger partial charge in [0.2, 0.25) is 0 Å². The molecule has 0 aliphatic rings. The van der Waals surface area contributed by atoms with Gasteiger partial charge < -0.3 is 14.5 Å². The summed E-state index contributed by atoms with van der Waals surface area (Å²) in [7, 11) is 0. The number of carbonyl (C=O) groups excluding carboxylic acids is 2. The highest BCUT2D eigenvalue weighted by Gasteiger charge is 2.23. The van der Waals surface area contributed by atoms with Gasteiger partial charge >= 0.3 is 5.97 Å². The van der Waals surface area contributed by atoms with E-state index in [1.165, 1.54) is 35.6 Å². The summed E-state index contributed by atoms with van der Waals surface area (Å²) in [6.07, 6.45) is 1.26. The smallest absolute Gasteiger partial charge is 0.341 e. The van der Waals surface area contributed by atoms with Gasteiger partial charge in [0.05, 0.1) is 17.1 Å². The van der Waals surface area contributed by atoms with E-state index in [1.807, 2.05) is 13.0 Å². The maximum atomic E-state index is 12.7. The summed E-state index contributed by atoms with van der Waals surface area (Å²) in [5, 5.41) is 23.4. The van der Waals surface area contributed by atoms with Crippen LogP contribution in [0, 0.1) is 35.3 Å². The van der Waals surface area contributed by atoms with Crippen molar-refractivity contribution < 1.29 is 23.7 Å². The van der Waals surface area contributed by atoms with Crippen LogP contribution in [0.2, 0.25) is 0 Å². The summed E-state index contributed by atoms with van der Waals surface area (Å²) in [6.45, 7) is 5.45. The number of nitro benzene ring substituents is 1. The minimum Gasteiger partial charge on any atom is -0.462 e. The van der Waals surface area contributed by atoms with Gasteiger partial charge in [-0.2, -0.15) is 5.26 Å². The first kappa shape index (κ1) is 23.4. The Bertz CT molecular complexity index is 1310. The number of nitrogens with zero attached hydrogens (tertiary/aromatic N) is 2. The zero-order valence-corrected chi connectivity index (χ0v) is 18.8. The van der Waals surface area contributed by atoms with E-state index in [9.17, 15) is 25.0 Å². The summed E-state index contributed by atoms with van der Waals surface area (Å²) in [5.41, 5.74) is 1.11. The van der Waals surface area contributed by atoms with Gasteiger partial charge in [-0.05, 0) is 38.5 Å². The fourth-order valence-electron chi connectivity index (χ4n) is 2.98. The molecule has 0 aliphatic carbocycles. The van der Waals surface area contributed by atoms with Crippen molar-refractivity contribution in [2.24, 2.45) is 0 Å². The van der Waals surface area contributed by atoms with Crippen LogP contribution in [0.1, 0.15) is 33.5 Å². The van der Waals surface area contributed by atoms with Crippen LogP contribution in [0.25, 0.3) is 17.4 Å². The number of nitro groups is 1. The Morgan fingerprint density at radius 1 is 1.30 bits per heavy atom. The Morgan fingerprint density at radius 3 is 2.73 bits per heavy atom. The van der Waals surface area contributed by atoms with E-state index < -0.39 is 16.8 Å². The third kappa shape index (κ3) is 5.16. The average Bonchev–Trinajstić information content (AvgIpc) is 3.36. The van der Waals surface area contributed by atoms with Crippen molar-refractivity contribution in [1.82, 2.24) is 0 Å². The zero-order chi connectivity index (χ0) is 24.1. The molecule has 10 heteroatoms. The van der Waals surface area contributed by atoms with Gasteiger partial charge in [-0.1, -0.05) is 12.1 Å². The second kappa shape index (κ2) is 9.93. The van der Waals surface area contributed by atoms with Gasteiger partial charge in [-0.15, -0.1) is 11.3 Å². The number of hydrogen-bond acceptors (Lipinski definition) is 8. The molecule has 0 aliphatic heterocycles. The molecule has 0 bridgehead atoms. The number of hydrogen-bond donors (Lipinski definition) is 1. The molecule has 33 heavy (non-hydrogen) atoms. The summed E-state index contributed by atoms with van der Waals surface area (Å²) in [4.78, 5) is 36.4. The third-order valence-corrected chi connectivity index (χ3v) is 5.83. The summed E-state index contributed by atoms with van der Waals surface area (Å²) < 4.78 is 10.7. The Labute approximate surface area is 193 Å². The number of nitrogens with one attached hydrogen (secondary N) is 1. The number of rotatable bonds is 7. The first-order valence-electron chi connectivity index (χ1n) is 9.80. The Morgan fingerprint density at radius 2 is 2.06 bits per heavy atom. The number of esters is 1. The lowest BCUT2D eigenvalue weighted by molar-refractivity contribution is -0.384. The summed E-state index contributed by atoms with van der Waals surface area (Å²) >= 11 is 1.21. The molecule has 1 aromatic carbocycles. The Hall–Kier alpha value is -4.23. The number of thiophene rings is 1. The fraction of sp³-hybridized carbons (Fsp3) is 0.174. The molecule has 0 saturated heterocycles. The molecule has 168 valence electrons. The topological polar surface area (TPSA) is 135 Å². The predicted molar refractivity (Wildman–Crippen MR) is 123 cm³/mol. The monoisotopic (exact) mass is 465 g/mol. The number of nitriles is 1. The van der Waals surface area contributed by atoms with Gasteiger partial charge in [0, 0.05) is 28.6 Å². The van der Waals surface area contributed by atoms with Crippen molar-refractivity contribution in [3.63, 3.8) is 0 Å². The van der Waals surface area contributed by atoms with Gasteiger partial charge in [0.25, 0.3) is 11.6 Å². The fourth-order valence-corrected chi connectivity index (χ4v) is 4.03. The highest BCUT2D eigenvalue weighted by molar-refractivity contribution is 7.16. The lowest BCUT2D eigenvalue weighted by Gasteiger charge is -2.06. The molecular weight excluding hydrogens is 446 g/mol. The van der Waals surface area contributed by atoms with Crippen LogP contribution in [0.5, 0.6) is 0 Å². The van der Waals surface area contributed by atoms with E-state index in [1.54, 1.807) is 32.0 Å². The number of ether oxygens (including phenoxy) is 1. The molecule has 2 aromatic heterocycles. The van der Waals surface area contributed by atoms with Gasteiger partial charge in [0.15, 0.2) is 0 Å².